The largest absolute Gasteiger partial charge is 0.325 e. The number of benzene rings is 2. The van der Waals surface area contributed by atoms with Gasteiger partial charge in [-0.25, -0.2) is 0 Å². The molecule has 0 atom stereocenters. The fourth-order valence-corrected chi connectivity index (χ4v) is 3.84. The molecule has 0 radical (unpaired) electrons. The molecule has 0 aliphatic heterocycles. The molecule has 0 fully saturated rings. The summed E-state index contributed by atoms with van der Waals surface area (Å²) in [7, 11) is -3.96. The maximum absolute atomic E-state index is 11.0. The van der Waals surface area contributed by atoms with Gasteiger partial charge in [-0.05, 0) is 23.1 Å². The predicted molar refractivity (Wildman–Crippen MR) is 116 cm³/mol. The van der Waals surface area contributed by atoms with E-state index in [0.717, 1.165) is 28.1 Å². The van der Waals surface area contributed by atoms with E-state index in [4.69, 9.17) is 9.79 Å². The fraction of sp³-hybridized carbons (Fsp3) is 0.0833. The third-order valence-electron chi connectivity index (χ3n) is 4.97. The minimum absolute atomic E-state index is 0.129. The van der Waals surface area contributed by atoms with Crippen molar-refractivity contribution in [3.8, 4) is 22.5 Å². The highest BCUT2D eigenvalue weighted by Crippen LogP contribution is 2.34. The molecule has 4 rings (SSSR count). The van der Waals surface area contributed by atoms with Crippen molar-refractivity contribution in [3.05, 3.63) is 109 Å². The van der Waals surface area contributed by atoms with Gasteiger partial charge >= 0.3 is 7.60 Å². The molecule has 0 aliphatic rings. The number of hydrogen-bond donors (Lipinski definition) is 2. The Morgan fingerprint density at radius 3 is 1.57 bits per heavy atom. The van der Waals surface area contributed by atoms with E-state index >= 15 is 0 Å². The standard InChI is InChI=1S/C24H21N2O3P/c27-30(28,29)19-14-20-6-8-24(9-7-20)26-17-12-22(13-18-26)21-10-15-25(16-11-21)23-4-2-1-3-5-23/h1-13,15-18H,14,19H2/p+2. The lowest BCUT2D eigenvalue weighted by molar-refractivity contribution is -0.596. The molecule has 0 spiro atoms. The lowest BCUT2D eigenvalue weighted by Gasteiger charge is -2.04. The summed E-state index contributed by atoms with van der Waals surface area (Å²) in [5, 5.41) is 0. The zero-order valence-corrected chi connectivity index (χ0v) is 17.3. The summed E-state index contributed by atoms with van der Waals surface area (Å²) in [5.74, 6) is 0. The van der Waals surface area contributed by atoms with Crippen LogP contribution >= 0.6 is 7.60 Å². The highest BCUT2D eigenvalue weighted by Gasteiger charge is 2.13. The molecule has 2 aromatic heterocycles. The first-order valence-electron chi connectivity index (χ1n) is 9.70. The third-order valence-corrected chi connectivity index (χ3v) is 5.78. The Kier molecular flexibility index (Phi) is 5.86. The number of aryl methyl sites for hydroxylation is 1. The molecule has 2 heterocycles. The summed E-state index contributed by atoms with van der Waals surface area (Å²) in [6.45, 7) is 0. The topological polar surface area (TPSA) is 65.3 Å². The minimum atomic E-state index is -3.96. The number of pyridine rings is 2. The lowest BCUT2D eigenvalue weighted by atomic mass is 10.1. The van der Waals surface area contributed by atoms with Crippen molar-refractivity contribution in [1.29, 1.82) is 0 Å². The van der Waals surface area contributed by atoms with E-state index in [1.54, 1.807) is 0 Å². The molecule has 0 saturated carbocycles. The molecular weight excluding hydrogens is 395 g/mol. The summed E-state index contributed by atoms with van der Waals surface area (Å²) >= 11 is 0. The number of para-hydroxylation sites is 1. The molecule has 0 unspecified atom stereocenters. The Hall–Kier alpha value is -3.11. The molecule has 2 aromatic carbocycles. The van der Waals surface area contributed by atoms with E-state index in [1.807, 2.05) is 59.4 Å². The number of nitrogens with zero attached hydrogens (tertiary/aromatic N) is 2. The van der Waals surface area contributed by atoms with Crippen LogP contribution in [0.5, 0.6) is 0 Å². The van der Waals surface area contributed by atoms with Gasteiger partial charge in [-0.3, -0.25) is 4.57 Å². The number of hydrogen-bond acceptors (Lipinski definition) is 1. The van der Waals surface area contributed by atoms with E-state index in [0.29, 0.717) is 6.42 Å². The summed E-state index contributed by atoms with van der Waals surface area (Å²) in [4.78, 5) is 18.0. The molecule has 0 bridgehead atoms. The quantitative estimate of drug-likeness (QED) is 0.371. The number of rotatable bonds is 6. The van der Waals surface area contributed by atoms with E-state index in [1.165, 1.54) is 0 Å². The van der Waals surface area contributed by atoms with Gasteiger partial charge < -0.3 is 9.79 Å². The van der Waals surface area contributed by atoms with Gasteiger partial charge in [-0.1, -0.05) is 30.3 Å². The molecule has 0 aliphatic carbocycles. The molecule has 6 heteroatoms. The number of aromatic nitrogens is 2. The zero-order valence-electron chi connectivity index (χ0n) is 16.4. The normalized spacial score (nSPS) is 11.4. The van der Waals surface area contributed by atoms with Crippen LogP contribution in [0, 0.1) is 0 Å². The van der Waals surface area contributed by atoms with E-state index in [9.17, 15) is 4.57 Å². The van der Waals surface area contributed by atoms with Crippen LogP contribution in [0.25, 0.3) is 22.5 Å². The highest BCUT2D eigenvalue weighted by molar-refractivity contribution is 7.51. The van der Waals surface area contributed by atoms with E-state index < -0.39 is 7.60 Å². The summed E-state index contributed by atoms with van der Waals surface area (Å²) < 4.78 is 15.1. The monoisotopic (exact) mass is 418 g/mol. The van der Waals surface area contributed by atoms with Gasteiger partial charge in [-0.15, -0.1) is 0 Å². The maximum atomic E-state index is 11.0. The van der Waals surface area contributed by atoms with E-state index in [-0.39, 0.29) is 6.16 Å². The highest BCUT2D eigenvalue weighted by atomic mass is 31.2. The van der Waals surface area contributed by atoms with Gasteiger partial charge in [-0.2, -0.15) is 9.13 Å². The van der Waals surface area contributed by atoms with Crippen LogP contribution in [-0.2, 0) is 11.0 Å². The van der Waals surface area contributed by atoms with Crippen LogP contribution in [0.3, 0.4) is 0 Å². The van der Waals surface area contributed by atoms with Crippen LogP contribution in [0.15, 0.2) is 104 Å². The van der Waals surface area contributed by atoms with E-state index in [2.05, 4.69) is 53.4 Å². The van der Waals surface area contributed by atoms with Crippen LogP contribution in [0.4, 0.5) is 0 Å². The first-order valence-corrected chi connectivity index (χ1v) is 11.5. The van der Waals surface area contributed by atoms with Gasteiger partial charge in [0.15, 0.2) is 24.8 Å². The lowest BCUT2D eigenvalue weighted by Crippen LogP contribution is -2.29. The van der Waals surface area contributed by atoms with Gasteiger partial charge in [0.1, 0.15) is 0 Å². The van der Waals surface area contributed by atoms with Gasteiger partial charge in [0.25, 0.3) is 0 Å². The summed E-state index contributed by atoms with van der Waals surface area (Å²) in [6, 6.07) is 26.3. The molecule has 30 heavy (non-hydrogen) atoms. The fourth-order valence-electron chi connectivity index (χ4n) is 3.29. The van der Waals surface area contributed by atoms with Crippen molar-refractivity contribution in [2.75, 3.05) is 6.16 Å². The second kappa shape index (κ2) is 8.72. The Labute approximate surface area is 175 Å². The van der Waals surface area contributed by atoms with Crippen LogP contribution < -0.4 is 9.13 Å². The van der Waals surface area contributed by atoms with Crippen molar-refractivity contribution in [2.24, 2.45) is 0 Å². The second-order valence-electron chi connectivity index (χ2n) is 7.13. The Bertz CT molecular complexity index is 1150. The molecule has 4 aromatic rings. The second-order valence-corrected chi connectivity index (χ2v) is 8.91. The maximum Gasteiger partial charge on any atom is 0.325 e. The van der Waals surface area contributed by atoms with Crippen LogP contribution in [0.1, 0.15) is 5.56 Å². The van der Waals surface area contributed by atoms with Crippen molar-refractivity contribution < 1.29 is 23.5 Å². The molecule has 2 N–H and O–H groups in total. The third kappa shape index (κ3) is 5.08. The zero-order chi connectivity index (χ0) is 21.0. The summed E-state index contributed by atoms with van der Waals surface area (Å²) in [6.07, 6.45) is 8.38. The smallest absolute Gasteiger partial charge is 0.324 e. The van der Waals surface area contributed by atoms with Crippen LogP contribution in [-0.4, -0.2) is 15.9 Å². The van der Waals surface area contributed by atoms with Crippen molar-refractivity contribution in [3.63, 3.8) is 0 Å². The Morgan fingerprint density at radius 1 is 0.633 bits per heavy atom. The Balaban J connectivity index is 1.47. The predicted octanol–water partition coefficient (Wildman–Crippen LogP) is 3.63. The molecule has 0 amide bonds. The van der Waals surface area contributed by atoms with Crippen molar-refractivity contribution in [2.45, 2.75) is 6.42 Å². The van der Waals surface area contributed by atoms with Gasteiger partial charge in [0.05, 0.1) is 6.16 Å². The first-order chi connectivity index (χ1) is 14.5. The molecular formula is C24H23N2O3P+2. The van der Waals surface area contributed by atoms with Crippen molar-refractivity contribution in [1.82, 2.24) is 0 Å². The molecule has 0 saturated heterocycles. The van der Waals surface area contributed by atoms with Gasteiger partial charge in [0.2, 0.25) is 11.4 Å². The average molecular weight is 418 g/mol. The summed E-state index contributed by atoms with van der Waals surface area (Å²) in [5.41, 5.74) is 5.30. The van der Waals surface area contributed by atoms with Crippen LogP contribution in [0.2, 0.25) is 0 Å². The molecule has 5 nitrogen and oxygen atoms in total. The Morgan fingerprint density at radius 2 is 1.10 bits per heavy atom. The van der Waals surface area contributed by atoms with Crippen molar-refractivity contribution >= 4 is 7.60 Å². The SMILES string of the molecule is O=P(O)(O)CCc1ccc(-[n+]2ccc(-c3cc[n+](-c4ccccc4)cc3)cc2)cc1. The molecule has 150 valence electrons. The van der Waals surface area contributed by atoms with Gasteiger partial charge in [0, 0.05) is 48.5 Å². The first kappa shape index (κ1) is 20.2. The minimum Gasteiger partial charge on any atom is -0.324 e. The average Bonchev–Trinajstić information content (AvgIpc) is 2.78.